The van der Waals surface area contributed by atoms with Gasteiger partial charge in [-0.3, -0.25) is 0 Å². The van der Waals surface area contributed by atoms with Crippen molar-refractivity contribution in [3.05, 3.63) is 71.3 Å². The van der Waals surface area contributed by atoms with Crippen LogP contribution >= 0.6 is 0 Å². The van der Waals surface area contributed by atoms with Gasteiger partial charge in [0.2, 0.25) is 0 Å². The summed E-state index contributed by atoms with van der Waals surface area (Å²) in [4.78, 5) is 0. The Bertz CT molecular complexity index is 1150. The quantitative estimate of drug-likeness (QED) is 0.253. The van der Waals surface area contributed by atoms with Crippen LogP contribution in [0.2, 0.25) is 0 Å². The minimum absolute atomic E-state index is 0.00295. The summed E-state index contributed by atoms with van der Waals surface area (Å²) in [5.74, 6) is 0.489. The molecule has 0 fully saturated rings. The second-order valence-electron chi connectivity index (χ2n) is 10.5. The van der Waals surface area contributed by atoms with Crippen LogP contribution in [0.5, 0.6) is 0 Å². The van der Waals surface area contributed by atoms with Gasteiger partial charge < -0.3 is 5.32 Å². The normalized spacial score (nSPS) is 14.1. The number of fused-ring (bicyclic) bond motifs is 2. The third-order valence-electron chi connectivity index (χ3n) is 7.96. The van der Waals surface area contributed by atoms with E-state index in [1.54, 1.807) is 0 Å². The first-order valence-electron chi connectivity index (χ1n) is 12.3. The van der Waals surface area contributed by atoms with Crippen molar-refractivity contribution in [2.24, 2.45) is 5.92 Å². The van der Waals surface area contributed by atoms with E-state index in [0.29, 0.717) is 12.5 Å². The maximum atomic E-state index is 12.4. The molecule has 3 aromatic carbocycles. The second-order valence-corrected chi connectivity index (χ2v) is 10.5. The lowest BCUT2D eigenvalue weighted by molar-refractivity contribution is 0.331. The highest BCUT2D eigenvalue weighted by molar-refractivity contribution is 6.07. The average Bonchev–Trinajstić information content (AvgIpc) is 2.79. The molecule has 0 spiro atoms. The molecule has 178 valence electrons. The van der Waals surface area contributed by atoms with Gasteiger partial charge in [-0.25, -0.2) is 0 Å². The van der Waals surface area contributed by atoms with E-state index in [4.69, 9.17) is 0 Å². The van der Waals surface area contributed by atoms with E-state index in [9.17, 15) is 8.78 Å². The Morgan fingerprint density at radius 2 is 1.48 bits per heavy atom. The van der Waals surface area contributed by atoms with Crippen LogP contribution in [0.3, 0.4) is 0 Å². The summed E-state index contributed by atoms with van der Waals surface area (Å²) in [6.45, 7) is 17.0. The van der Waals surface area contributed by atoms with Gasteiger partial charge >= 0.3 is 0 Å². The molecular weight excluding hydrogens is 412 g/mol. The van der Waals surface area contributed by atoms with Gasteiger partial charge in [0.15, 0.2) is 0 Å². The molecule has 1 nitrogen and oxygen atoms in total. The van der Waals surface area contributed by atoms with Gasteiger partial charge in [-0.2, -0.15) is 8.78 Å². The predicted octanol–water partition coefficient (Wildman–Crippen LogP) is 8.87. The molecule has 0 aliphatic heterocycles. The fraction of sp³-hybridized carbons (Fsp3) is 0.467. The number of hydrogen-bond acceptors (Lipinski definition) is 1. The Kier molecular flexibility index (Phi) is 7.63. The van der Waals surface area contributed by atoms with E-state index < -0.39 is 6.08 Å². The molecule has 0 saturated carbocycles. The Morgan fingerprint density at radius 1 is 0.879 bits per heavy atom. The molecule has 0 bridgehead atoms. The highest BCUT2D eigenvalue weighted by Gasteiger charge is 2.34. The molecule has 0 amide bonds. The lowest BCUT2D eigenvalue weighted by atomic mass is 9.66. The number of benzene rings is 3. The largest absolute Gasteiger partial charge is 0.309 e. The van der Waals surface area contributed by atoms with Crippen molar-refractivity contribution < 1.29 is 8.78 Å². The highest BCUT2D eigenvalue weighted by atomic mass is 19.3. The highest BCUT2D eigenvalue weighted by Crippen LogP contribution is 2.48. The van der Waals surface area contributed by atoms with Crippen molar-refractivity contribution in [1.29, 1.82) is 0 Å². The van der Waals surface area contributed by atoms with Crippen LogP contribution in [0, 0.1) is 5.92 Å². The van der Waals surface area contributed by atoms with Crippen molar-refractivity contribution >= 4 is 21.5 Å². The summed E-state index contributed by atoms with van der Waals surface area (Å²) in [6, 6.07) is 15.6. The van der Waals surface area contributed by atoms with Crippen LogP contribution in [0.25, 0.3) is 21.5 Å². The first kappa shape index (κ1) is 25.4. The van der Waals surface area contributed by atoms with Crippen LogP contribution in [0.1, 0.15) is 78.0 Å². The van der Waals surface area contributed by atoms with E-state index in [-0.39, 0.29) is 17.4 Å². The Labute approximate surface area is 198 Å². The van der Waals surface area contributed by atoms with E-state index in [2.05, 4.69) is 96.2 Å². The number of nitrogens with one attached hydrogen (secondary N) is 1. The van der Waals surface area contributed by atoms with Crippen LogP contribution in [-0.4, -0.2) is 6.54 Å². The molecule has 0 saturated heterocycles. The van der Waals surface area contributed by atoms with Gasteiger partial charge in [-0.05, 0) is 80.0 Å². The van der Waals surface area contributed by atoms with Crippen molar-refractivity contribution in [2.75, 3.05) is 6.54 Å². The molecule has 0 radical (unpaired) electrons. The fourth-order valence-corrected chi connectivity index (χ4v) is 5.10. The average molecular weight is 452 g/mol. The molecule has 3 rings (SSSR count). The first-order valence-corrected chi connectivity index (χ1v) is 12.3. The maximum Gasteiger partial charge on any atom is 0.267 e. The fourth-order valence-electron chi connectivity index (χ4n) is 5.10. The van der Waals surface area contributed by atoms with Crippen LogP contribution < -0.4 is 5.32 Å². The van der Waals surface area contributed by atoms with Crippen molar-refractivity contribution in [3.63, 3.8) is 0 Å². The van der Waals surface area contributed by atoms with Gasteiger partial charge in [-0.1, -0.05) is 84.9 Å². The molecule has 33 heavy (non-hydrogen) atoms. The van der Waals surface area contributed by atoms with Crippen molar-refractivity contribution in [3.8, 4) is 0 Å². The first-order chi connectivity index (χ1) is 15.6. The lowest BCUT2D eigenvalue weighted by Crippen LogP contribution is -2.29. The molecule has 1 N–H and O–H groups in total. The van der Waals surface area contributed by atoms with Crippen LogP contribution in [-0.2, 0) is 17.4 Å². The minimum atomic E-state index is -1.64. The van der Waals surface area contributed by atoms with Gasteiger partial charge in [-0.15, -0.1) is 0 Å². The zero-order valence-corrected chi connectivity index (χ0v) is 21.3. The molecule has 0 aromatic heterocycles. The molecular formula is C30H39F2N. The number of rotatable bonds is 9. The topological polar surface area (TPSA) is 12.0 Å². The third-order valence-corrected chi connectivity index (χ3v) is 7.96. The Morgan fingerprint density at radius 3 is 2.03 bits per heavy atom. The SMILES string of the molecule is CCC(C)(C)c1c2ccccc2c(C(C)(CC)C(C)C)c2ccc(CNCC=C(F)F)cc12. The Hall–Kier alpha value is -2.26. The standard InChI is InChI=1S/C30H39F2N/c1-8-29(5,6)27-22-12-10-11-13-23(22)28(30(7,9-2)20(3)4)24-15-14-21(18-25(24)27)19-33-17-16-26(31)32/h10-16,18,20,33H,8-9,17,19H2,1-7H3. The summed E-state index contributed by atoms with van der Waals surface area (Å²) >= 11 is 0. The molecule has 0 heterocycles. The van der Waals surface area contributed by atoms with E-state index in [0.717, 1.165) is 24.5 Å². The summed E-state index contributed by atoms with van der Waals surface area (Å²) in [5.41, 5.74) is 3.98. The number of hydrogen-bond donors (Lipinski definition) is 1. The predicted molar refractivity (Wildman–Crippen MR) is 139 cm³/mol. The third kappa shape index (κ3) is 4.84. The maximum absolute atomic E-state index is 12.4. The second kappa shape index (κ2) is 9.93. The minimum Gasteiger partial charge on any atom is -0.309 e. The van der Waals surface area contributed by atoms with Gasteiger partial charge in [0.25, 0.3) is 6.08 Å². The number of halogens is 2. The van der Waals surface area contributed by atoms with Crippen molar-refractivity contribution in [1.82, 2.24) is 5.32 Å². The van der Waals surface area contributed by atoms with E-state index >= 15 is 0 Å². The lowest BCUT2D eigenvalue weighted by Gasteiger charge is -2.38. The Balaban J connectivity index is 2.37. The van der Waals surface area contributed by atoms with Gasteiger partial charge in [0.05, 0.1) is 0 Å². The van der Waals surface area contributed by atoms with Crippen LogP contribution in [0.4, 0.5) is 8.78 Å². The monoisotopic (exact) mass is 451 g/mol. The van der Waals surface area contributed by atoms with E-state index in [1.807, 2.05) is 0 Å². The molecule has 1 atom stereocenters. The van der Waals surface area contributed by atoms with Gasteiger partial charge in [0, 0.05) is 13.1 Å². The molecule has 3 aromatic rings. The summed E-state index contributed by atoms with van der Waals surface area (Å²) < 4.78 is 24.8. The summed E-state index contributed by atoms with van der Waals surface area (Å²) in [5, 5.41) is 8.43. The zero-order valence-electron chi connectivity index (χ0n) is 21.3. The molecule has 1 unspecified atom stereocenters. The molecule has 0 aliphatic rings. The van der Waals surface area contributed by atoms with E-state index in [1.165, 1.54) is 32.7 Å². The van der Waals surface area contributed by atoms with Gasteiger partial charge in [0.1, 0.15) is 0 Å². The summed E-state index contributed by atoms with van der Waals surface area (Å²) in [7, 11) is 0. The smallest absolute Gasteiger partial charge is 0.267 e. The van der Waals surface area contributed by atoms with Crippen molar-refractivity contribution in [2.45, 2.75) is 78.7 Å². The van der Waals surface area contributed by atoms with Crippen LogP contribution in [0.15, 0.2) is 54.6 Å². The molecule has 0 aliphatic carbocycles. The molecule has 3 heteroatoms. The zero-order chi connectivity index (χ0) is 24.4. The summed E-state index contributed by atoms with van der Waals surface area (Å²) in [6.07, 6.45) is 1.37.